The number of hydrogen-bond acceptors (Lipinski definition) is 4. The highest BCUT2D eigenvalue weighted by Gasteiger charge is 2.21. The van der Waals surface area contributed by atoms with Crippen molar-refractivity contribution in [3.63, 3.8) is 0 Å². The first-order valence-corrected chi connectivity index (χ1v) is 9.84. The molecule has 0 radical (unpaired) electrons. The third kappa shape index (κ3) is 3.61. The van der Waals surface area contributed by atoms with Crippen molar-refractivity contribution in [1.29, 1.82) is 0 Å². The Morgan fingerprint density at radius 1 is 1.19 bits per heavy atom. The van der Waals surface area contributed by atoms with Crippen molar-refractivity contribution in [2.45, 2.75) is 18.3 Å². The molecule has 3 aromatic rings. The van der Waals surface area contributed by atoms with Crippen LogP contribution in [0.1, 0.15) is 11.3 Å². The normalized spacial score (nSPS) is 13.3. The van der Waals surface area contributed by atoms with E-state index < -0.39 is 0 Å². The fourth-order valence-corrected chi connectivity index (χ4v) is 4.19. The molecule has 4 nitrogen and oxygen atoms in total. The van der Waals surface area contributed by atoms with Crippen LogP contribution in [0.3, 0.4) is 0 Å². The van der Waals surface area contributed by atoms with Gasteiger partial charge in [-0.15, -0.1) is 0 Å². The van der Waals surface area contributed by atoms with Crippen molar-refractivity contribution in [3.05, 3.63) is 69.8 Å². The van der Waals surface area contributed by atoms with Gasteiger partial charge in [0, 0.05) is 33.5 Å². The van der Waals surface area contributed by atoms with E-state index in [1.165, 1.54) is 0 Å². The lowest BCUT2D eigenvalue weighted by molar-refractivity contribution is 0.132. The molecular formula is C19H15Cl2N3OS. The van der Waals surface area contributed by atoms with E-state index in [4.69, 9.17) is 33.0 Å². The summed E-state index contributed by atoms with van der Waals surface area (Å²) in [7, 11) is 0. The molecule has 1 aliphatic rings. The minimum Gasteiger partial charge on any atom is -0.391 e. The predicted molar refractivity (Wildman–Crippen MR) is 107 cm³/mol. The molecule has 0 unspecified atom stereocenters. The Hall–Kier alpha value is -1.95. The fourth-order valence-electron chi connectivity index (χ4n) is 2.77. The van der Waals surface area contributed by atoms with Gasteiger partial charge in [-0.2, -0.15) is 0 Å². The summed E-state index contributed by atoms with van der Waals surface area (Å²) in [6, 6.07) is 15.4. The van der Waals surface area contributed by atoms with Crippen LogP contribution in [-0.2, 0) is 18.0 Å². The number of halogens is 2. The average Bonchev–Trinajstić information content (AvgIpc) is 3.23. The Bertz CT molecular complexity index is 957. The van der Waals surface area contributed by atoms with E-state index in [0.717, 1.165) is 40.0 Å². The number of fused-ring (bicyclic) bond motifs is 1. The van der Waals surface area contributed by atoms with E-state index in [0.29, 0.717) is 10.0 Å². The van der Waals surface area contributed by atoms with E-state index in [9.17, 15) is 0 Å². The summed E-state index contributed by atoms with van der Waals surface area (Å²) in [5, 5.41) is 6.34. The van der Waals surface area contributed by atoms with Gasteiger partial charge in [-0.05, 0) is 12.1 Å². The van der Waals surface area contributed by atoms with Crippen molar-refractivity contribution in [2.24, 2.45) is 5.16 Å². The first-order valence-electron chi connectivity index (χ1n) is 8.10. The van der Waals surface area contributed by atoms with Gasteiger partial charge in [-0.25, -0.2) is 4.98 Å². The summed E-state index contributed by atoms with van der Waals surface area (Å²) < 4.78 is 2.18. The number of benzene rings is 2. The standard InChI is InChI=1S/C19H15Cl2N3OS/c20-15-7-6-14(16(21)10-15)12-25-22-11-17-18(13-4-2-1-3-5-13)23-19-24(17)8-9-26-19/h1-7,10-11H,8-9,12H2. The van der Waals surface area contributed by atoms with E-state index in [2.05, 4.69) is 21.9 Å². The maximum Gasteiger partial charge on any atom is 0.169 e. The first kappa shape index (κ1) is 17.5. The van der Waals surface area contributed by atoms with Gasteiger partial charge in [0.1, 0.15) is 6.61 Å². The molecule has 1 aliphatic heterocycles. The predicted octanol–water partition coefficient (Wildman–Crippen LogP) is 5.51. The van der Waals surface area contributed by atoms with Gasteiger partial charge >= 0.3 is 0 Å². The summed E-state index contributed by atoms with van der Waals surface area (Å²) >= 11 is 13.8. The minimum absolute atomic E-state index is 0.281. The monoisotopic (exact) mass is 403 g/mol. The summed E-state index contributed by atoms with van der Waals surface area (Å²) in [4.78, 5) is 10.2. The molecule has 4 rings (SSSR count). The highest BCUT2D eigenvalue weighted by atomic mass is 35.5. The Morgan fingerprint density at radius 2 is 2.04 bits per heavy atom. The topological polar surface area (TPSA) is 39.4 Å². The molecular weight excluding hydrogens is 389 g/mol. The molecule has 132 valence electrons. The van der Waals surface area contributed by atoms with E-state index in [-0.39, 0.29) is 6.61 Å². The number of thioether (sulfide) groups is 1. The summed E-state index contributed by atoms with van der Waals surface area (Å²) in [6.45, 7) is 1.20. The van der Waals surface area contributed by atoms with Crippen LogP contribution in [0.25, 0.3) is 11.3 Å². The molecule has 0 spiro atoms. The van der Waals surface area contributed by atoms with Crippen LogP contribution in [0, 0.1) is 0 Å². The highest BCUT2D eigenvalue weighted by Crippen LogP contribution is 2.32. The van der Waals surface area contributed by atoms with Gasteiger partial charge in [0.05, 0.1) is 17.6 Å². The number of oxime groups is 1. The second-order valence-electron chi connectivity index (χ2n) is 5.74. The second kappa shape index (κ2) is 7.74. The third-order valence-corrected chi connectivity index (χ3v) is 5.59. The zero-order valence-electron chi connectivity index (χ0n) is 13.7. The van der Waals surface area contributed by atoms with E-state index in [1.807, 2.05) is 24.3 Å². The van der Waals surface area contributed by atoms with Gasteiger partial charge in [-0.3, -0.25) is 0 Å². The van der Waals surface area contributed by atoms with Crippen LogP contribution >= 0.6 is 35.0 Å². The quantitative estimate of drug-likeness (QED) is 0.416. The molecule has 26 heavy (non-hydrogen) atoms. The van der Waals surface area contributed by atoms with Crippen LogP contribution in [-0.4, -0.2) is 21.5 Å². The van der Waals surface area contributed by atoms with Crippen LogP contribution < -0.4 is 0 Å². The molecule has 0 fully saturated rings. The van der Waals surface area contributed by atoms with Gasteiger partial charge in [0.15, 0.2) is 5.16 Å². The smallest absolute Gasteiger partial charge is 0.169 e. The van der Waals surface area contributed by atoms with E-state index >= 15 is 0 Å². The van der Waals surface area contributed by atoms with E-state index in [1.54, 1.807) is 30.1 Å². The number of hydrogen-bond donors (Lipinski definition) is 0. The third-order valence-electron chi connectivity index (χ3n) is 4.05. The maximum absolute atomic E-state index is 6.16. The van der Waals surface area contributed by atoms with Crippen molar-refractivity contribution in [2.75, 3.05) is 5.75 Å². The molecule has 2 aromatic carbocycles. The van der Waals surface area contributed by atoms with Gasteiger partial charge in [0.25, 0.3) is 0 Å². The molecule has 0 saturated carbocycles. The molecule has 2 heterocycles. The summed E-state index contributed by atoms with van der Waals surface area (Å²) in [5.74, 6) is 1.03. The molecule has 0 amide bonds. The second-order valence-corrected chi connectivity index (χ2v) is 7.64. The molecule has 7 heteroatoms. The minimum atomic E-state index is 0.281. The highest BCUT2D eigenvalue weighted by molar-refractivity contribution is 7.99. The fraction of sp³-hybridized carbons (Fsp3) is 0.158. The van der Waals surface area contributed by atoms with Crippen LogP contribution in [0.4, 0.5) is 0 Å². The van der Waals surface area contributed by atoms with Crippen LogP contribution in [0.15, 0.2) is 58.8 Å². The lowest BCUT2D eigenvalue weighted by Gasteiger charge is -2.05. The largest absolute Gasteiger partial charge is 0.391 e. The molecule has 0 bridgehead atoms. The van der Waals surface area contributed by atoms with Crippen LogP contribution in [0.5, 0.6) is 0 Å². The van der Waals surface area contributed by atoms with Gasteiger partial charge < -0.3 is 9.40 Å². The number of rotatable bonds is 5. The van der Waals surface area contributed by atoms with Gasteiger partial charge in [-0.1, -0.05) is 76.5 Å². The molecule has 0 aliphatic carbocycles. The van der Waals surface area contributed by atoms with Gasteiger partial charge in [0.2, 0.25) is 0 Å². The number of aromatic nitrogens is 2. The number of nitrogens with zero attached hydrogens (tertiary/aromatic N) is 3. The Balaban J connectivity index is 1.55. The maximum atomic E-state index is 6.16. The SMILES string of the molecule is Clc1ccc(CON=Cc2c(-c3ccccc3)nc3n2CCS3)c(Cl)c1. The Morgan fingerprint density at radius 3 is 2.85 bits per heavy atom. The zero-order valence-corrected chi connectivity index (χ0v) is 16.1. The van der Waals surface area contributed by atoms with Crippen molar-refractivity contribution < 1.29 is 4.84 Å². The zero-order chi connectivity index (χ0) is 17.9. The number of imidazole rings is 1. The Kier molecular flexibility index (Phi) is 5.20. The van der Waals surface area contributed by atoms with Crippen molar-refractivity contribution in [3.8, 4) is 11.3 Å². The van der Waals surface area contributed by atoms with Crippen molar-refractivity contribution in [1.82, 2.24) is 9.55 Å². The summed E-state index contributed by atoms with van der Waals surface area (Å²) in [6.07, 6.45) is 1.73. The molecule has 1 aromatic heterocycles. The summed E-state index contributed by atoms with van der Waals surface area (Å²) in [5.41, 5.74) is 3.78. The van der Waals surface area contributed by atoms with Crippen LogP contribution in [0.2, 0.25) is 10.0 Å². The lowest BCUT2D eigenvalue weighted by Crippen LogP contribution is -2.01. The Labute approximate surface area is 165 Å². The molecule has 0 N–H and O–H groups in total. The van der Waals surface area contributed by atoms with Crippen molar-refractivity contribution >= 4 is 41.2 Å². The first-order chi connectivity index (χ1) is 12.7. The average molecular weight is 404 g/mol. The molecule has 0 atom stereocenters. The lowest BCUT2D eigenvalue weighted by atomic mass is 10.1. The molecule has 0 saturated heterocycles.